The van der Waals surface area contributed by atoms with Gasteiger partial charge >= 0.3 is 0 Å². The number of piperidine rings is 1. The number of nitrogens with one attached hydrogen (secondary N) is 1. The molecule has 2 amide bonds. The molecule has 16 nitrogen and oxygen atoms in total. The number of ether oxygens (including phenoxy) is 3. The molecule has 408 valence electrons. The molecule has 6 saturated carbocycles. The third-order valence-corrected chi connectivity index (χ3v) is 20.7. The van der Waals surface area contributed by atoms with Crippen molar-refractivity contribution in [2.24, 2.45) is 41.4 Å². The summed E-state index contributed by atoms with van der Waals surface area (Å²) in [5.74, 6) is 8.27. The smallest absolute Gasteiger partial charge is 0.254 e. The summed E-state index contributed by atoms with van der Waals surface area (Å²) in [4.78, 5) is 54.5. The van der Waals surface area contributed by atoms with Gasteiger partial charge in [0.05, 0.1) is 66.7 Å². The molecule has 8 aromatic rings. The third kappa shape index (κ3) is 7.77. The molecule has 17 heteroatoms. The highest BCUT2D eigenvalue weighted by atomic mass is 32.2. The van der Waals surface area contributed by atoms with Crippen LogP contribution in [0.2, 0.25) is 0 Å². The molecule has 6 aromatic heterocycles. The summed E-state index contributed by atoms with van der Waals surface area (Å²) in [6.45, 7) is 4.84. The SMILES string of the molecule is COc1cc(C(=O)N2C[C@H]3CC4C[C@@H]2[C@H]43)cc2nc(-c3cc4cc(N[C@@H]5[C@@H]6CC[C@H]5N(C(=O)c5cc(OC)c7c(c5)nc(-c5cc8cccnc8n5CC5CC5)n7CC5CC(OC)C5)C6)cnc4n3CC3CC3)n(CCSC)c12. The van der Waals surface area contributed by atoms with Crippen molar-refractivity contribution in [3.05, 3.63) is 78.1 Å². The number of methoxy groups -OCH3 is 3. The first-order valence-electron chi connectivity index (χ1n) is 29.2. The first kappa shape index (κ1) is 48.3. The van der Waals surface area contributed by atoms with Gasteiger partial charge in [0, 0.05) is 86.3 Å². The van der Waals surface area contributed by atoms with Crippen molar-refractivity contribution in [1.29, 1.82) is 0 Å². The predicted octanol–water partition coefficient (Wildman–Crippen LogP) is 10.2. The Morgan fingerprint density at radius 1 is 0.646 bits per heavy atom. The molecule has 2 saturated heterocycles. The number of anilines is 1. The van der Waals surface area contributed by atoms with E-state index in [9.17, 15) is 4.79 Å². The minimum atomic E-state index is 0.0107. The lowest BCUT2D eigenvalue weighted by Crippen LogP contribution is -2.53. The van der Waals surface area contributed by atoms with Gasteiger partial charge in [0.2, 0.25) is 0 Å². The van der Waals surface area contributed by atoms with Crippen molar-refractivity contribution in [3.8, 4) is 34.5 Å². The summed E-state index contributed by atoms with van der Waals surface area (Å²) in [7, 11) is 5.22. The first-order chi connectivity index (χ1) is 38.7. The van der Waals surface area contributed by atoms with Gasteiger partial charge in [0.1, 0.15) is 33.8 Å². The maximum Gasteiger partial charge on any atom is 0.254 e. The van der Waals surface area contributed by atoms with Gasteiger partial charge in [-0.05, 0) is 166 Å². The number of likely N-dealkylation sites (tertiary alicyclic amines) is 2. The number of nitrogens with zero attached hydrogens (tertiary/aromatic N) is 10. The number of carbonyl (C=O) groups excluding carboxylic acids is 2. The number of imidazole rings is 2. The van der Waals surface area contributed by atoms with Gasteiger partial charge in [-0.3, -0.25) is 9.59 Å². The van der Waals surface area contributed by atoms with Crippen molar-refractivity contribution in [3.63, 3.8) is 0 Å². The summed E-state index contributed by atoms with van der Waals surface area (Å²) < 4.78 is 27.5. The number of benzene rings is 2. The largest absolute Gasteiger partial charge is 0.494 e. The van der Waals surface area contributed by atoms with Crippen LogP contribution in [0.4, 0.5) is 5.69 Å². The van der Waals surface area contributed by atoms with Gasteiger partial charge in [-0.1, -0.05) is 0 Å². The molecule has 6 aliphatic carbocycles. The number of carbonyl (C=O) groups is 2. The van der Waals surface area contributed by atoms with E-state index in [1.807, 2.05) is 54.5 Å². The Labute approximate surface area is 463 Å². The van der Waals surface area contributed by atoms with Gasteiger partial charge in [0.25, 0.3) is 11.8 Å². The average Bonchev–Trinajstić information content (AvgIpc) is 3.47. The van der Waals surface area contributed by atoms with E-state index in [-0.39, 0.29) is 30.0 Å². The number of hydrogen-bond donors (Lipinski definition) is 1. The van der Waals surface area contributed by atoms with Crippen LogP contribution < -0.4 is 14.8 Å². The fourth-order valence-corrected chi connectivity index (χ4v) is 16.0. The molecule has 7 atom stereocenters. The molecule has 8 heterocycles. The topological polar surface area (TPSA) is 152 Å². The Bertz CT molecular complexity index is 3790. The minimum Gasteiger partial charge on any atom is -0.494 e. The van der Waals surface area contributed by atoms with Crippen molar-refractivity contribution >= 4 is 73.4 Å². The average molecular weight is 1080 g/mol. The van der Waals surface area contributed by atoms with Crippen LogP contribution in [0.5, 0.6) is 11.5 Å². The molecule has 2 aliphatic heterocycles. The van der Waals surface area contributed by atoms with E-state index < -0.39 is 0 Å². The normalized spacial score (nSPS) is 26.6. The second-order valence-electron chi connectivity index (χ2n) is 24.8. The number of fused-ring (bicyclic) bond motifs is 6. The number of amides is 2. The fourth-order valence-electron chi connectivity index (χ4n) is 15.6. The molecular formula is C62H69N11O5S. The third-order valence-electron chi connectivity index (χ3n) is 20.1. The highest BCUT2D eigenvalue weighted by Crippen LogP contribution is 2.61. The van der Waals surface area contributed by atoms with Crippen LogP contribution in [0.3, 0.4) is 0 Å². The Morgan fingerprint density at radius 3 is 1.92 bits per heavy atom. The van der Waals surface area contributed by atoms with Gasteiger partial charge in [0.15, 0.2) is 11.6 Å². The number of aryl methyl sites for hydroxylation is 1. The number of pyridine rings is 2. The van der Waals surface area contributed by atoms with E-state index in [0.717, 1.165) is 149 Å². The van der Waals surface area contributed by atoms with E-state index in [1.54, 1.807) is 21.3 Å². The second-order valence-corrected chi connectivity index (χ2v) is 25.7. The second kappa shape index (κ2) is 18.5. The van der Waals surface area contributed by atoms with Gasteiger partial charge in [-0.2, -0.15) is 11.8 Å². The van der Waals surface area contributed by atoms with Gasteiger partial charge < -0.3 is 47.6 Å². The molecular weight excluding hydrogens is 1010 g/mol. The lowest BCUT2D eigenvalue weighted by Gasteiger charge is -2.52. The van der Waals surface area contributed by atoms with Crippen LogP contribution in [-0.4, -0.2) is 130 Å². The van der Waals surface area contributed by atoms with E-state index >= 15 is 4.79 Å². The Morgan fingerprint density at radius 2 is 1.28 bits per heavy atom. The summed E-state index contributed by atoms with van der Waals surface area (Å²) >= 11 is 1.81. The molecule has 8 aliphatic rings. The van der Waals surface area contributed by atoms with Crippen molar-refractivity contribution < 1.29 is 23.8 Å². The fraction of sp³-hybridized carbons (Fsp3) is 0.516. The Kier molecular flexibility index (Phi) is 11.3. The van der Waals surface area contributed by atoms with Crippen LogP contribution in [-0.2, 0) is 30.9 Å². The number of hydrogen-bond acceptors (Lipinski definition) is 11. The van der Waals surface area contributed by atoms with E-state index in [2.05, 4.69) is 63.9 Å². The summed E-state index contributed by atoms with van der Waals surface area (Å²) in [6.07, 6.45) is 17.5. The van der Waals surface area contributed by atoms with E-state index in [0.29, 0.717) is 70.7 Å². The molecule has 0 radical (unpaired) electrons. The Hall–Kier alpha value is -6.59. The lowest BCUT2D eigenvalue weighted by molar-refractivity contribution is -0.0204. The quantitative estimate of drug-likeness (QED) is 0.0874. The van der Waals surface area contributed by atoms with Gasteiger partial charge in [-0.15, -0.1) is 0 Å². The molecule has 0 spiro atoms. The Balaban J connectivity index is 0.706. The molecule has 8 fully saturated rings. The monoisotopic (exact) mass is 1080 g/mol. The maximum atomic E-state index is 15.0. The van der Waals surface area contributed by atoms with E-state index in [4.69, 9.17) is 34.1 Å². The molecule has 1 N–H and O–H groups in total. The predicted molar refractivity (Wildman–Crippen MR) is 307 cm³/mol. The molecule has 1 unspecified atom stereocenters. The number of aromatic nitrogens is 8. The molecule has 2 aromatic carbocycles. The van der Waals surface area contributed by atoms with Crippen LogP contribution in [0, 0.1) is 41.4 Å². The standard InChI is InChI=1S/C62H69N11O5S/c1-76-44-16-35(17-44)30-73-56-46(67-60(73)49-22-36-6-5-13-63-57(36)69(49)28-33-7-8-33)21-40(26-52(56)78-3)61(74)71-31-37-11-12-47(71)54(37)65-43-19-39-24-50(70(29-34-9-10-34)58(39)64-27-43)59-66-45-20-41(25-51(77-2)55(45)68(59)14-15-79-4)62(75)72-32-42-18-38-23-48(72)53(38)42/h5-6,13,19-22,24-27,33-35,37-38,42,44,47-48,53-54,65H,7-12,14-18,23,28-32H2,1-4H3/t35?,37-,38?,42-,44?,47-,48-,53-,54-/m1/s1. The van der Waals surface area contributed by atoms with Gasteiger partial charge in [-0.25, -0.2) is 19.9 Å². The molecule has 16 rings (SSSR count). The molecule has 79 heavy (non-hydrogen) atoms. The first-order valence-corrected chi connectivity index (χ1v) is 30.6. The zero-order valence-corrected chi connectivity index (χ0v) is 46.5. The van der Waals surface area contributed by atoms with E-state index in [1.165, 1.54) is 32.1 Å². The minimum absolute atomic E-state index is 0.0107. The number of rotatable bonds is 18. The zero-order chi connectivity index (χ0) is 52.9. The van der Waals surface area contributed by atoms with Crippen molar-refractivity contribution in [2.75, 3.05) is 51.7 Å². The summed E-state index contributed by atoms with van der Waals surface area (Å²) in [6, 6.07) is 19.3. The zero-order valence-electron chi connectivity index (χ0n) is 45.6. The van der Waals surface area contributed by atoms with Crippen LogP contribution >= 0.6 is 11.8 Å². The van der Waals surface area contributed by atoms with Crippen LogP contribution in [0.15, 0.2) is 67.0 Å². The van der Waals surface area contributed by atoms with Crippen LogP contribution in [0.1, 0.15) is 84.9 Å². The number of thioether (sulfide) groups is 1. The maximum absolute atomic E-state index is 15.0. The van der Waals surface area contributed by atoms with Crippen molar-refractivity contribution in [1.82, 2.24) is 48.0 Å². The van der Waals surface area contributed by atoms with Crippen molar-refractivity contribution in [2.45, 2.75) is 115 Å². The summed E-state index contributed by atoms with van der Waals surface area (Å²) in [5, 5.41) is 6.09. The van der Waals surface area contributed by atoms with Crippen LogP contribution in [0.25, 0.3) is 67.2 Å². The lowest BCUT2D eigenvalue weighted by atomic mass is 9.53. The highest BCUT2D eigenvalue weighted by molar-refractivity contribution is 7.98. The highest BCUT2D eigenvalue weighted by Gasteiger charge is 2.62. The summed E-state index contributed by atoms with van der Waals surface area (Å²) in [5.41, 5.74) is 9.60. The molecule has 2 bridgehead atoms.